The second kappa shape index (κ2) is 7.81. The molecule has 0 unspecified atom stereocenters. The second-order valence-electron chi connectivity index (χ2n) is 5.62. The molecule has 0 fully saturated rings. The molecule has 130 valence electrons. The van der Waals surface area contributed by atoms with Gasteiger partial charge in [0.05, 0.1) is 11.6 Å². The molecule has 0 amide bonds. The molecule has 0 saturated heterocycles. The zero-order chi connectivity index (χ0) is 18.5. The number of halogens is 1. The highest BCUT2D eigenvalue weighted by Crippen LogP contribution is 2.20. The SMILES string of the molecule is CC(=O)c1ccc(C#N)cc1NCCc1nc(-c2ccc(Cl)cc2)no1. The van der Waals surface area contributed by atoms with Crippen LogP contribution in [0.3, 0.4) is 0 Å². The molecule has 0 aliphatic carbocycles. The van der Waals surface area contributed by atoms with Gasteiger partial charge in [-0.2, -0.15) is 10.2 Å². The number of rotatable bonds is 6. The molecule has 26 heavy (non-hydrogen) atoms. The fourth-order valence-corrected chi connectivity index (χ4v) is 2.57. The number of aromatic nitrogens is 2. The summed E-state index contributed by atoms with van der Waals surface area (Å²) >= 11 is 5.87. The zero-order valence-corrected chi connectivity index (χ0v) is 14.7. The first-order valence-corrected chi connectivity index (χ1v) is 8.32. The standard InChI is InChI=1S/C19H15ClN4O2/c1-12(25)16-7-2-13(11-21)10-17(16)22-9-8-18-23-19(24-26-18)14-3-5-15(20)6-4-14/h2-7,10,22H,8-9H2,1H3. The van der Waals surface area contributed by atoms with Crippen molar-refractivity contribution in [1.29, 1.82) is 5.26 Å². The lowest BCUT2D eigenvalue weighted by Gasteiger charge is -2.09. The molecule has 0 atom stereocenters. The van der Waals surface area contributed by atoms with Crippen LogP contribution in [-0.4, -0.2) is 22.5 Å². The predicted octanol–water partition coefficient (Wildman–Crippen LogP) is 4.12. The van der Waals surface area contributed by atoms with E-state index in [0.717, 1.165) is 5.56 Å². The maximum absolute atomic E-state index is 11.7. The molecule has 6 nitrogen and oxygen atoms in total. The third-order valence-electron chi connectivity index (χ3n) is 3.75. The van der Waals surface area contributed by atoms with Gasteiger partial charge in [-0.15, -0.1) is 0 Å². The Morgan fingerprint density at radius 3 is 2.73 bits per heavy atom. The number of nitrogens with zero attached hydrogens (tertiary/aromatic N) is 3. The number of nitrogens with one attached hydrogen (secondary N) is 1. The van der Waals surface area contributed by atoms with Gasteiger partial charge in [-0.05, 0) is 49.4 Å². The van der Waals surface area contributed by atoms with Crippen LogP contribution in [0.4, 0.5) is 5.69 Å². The molecule has 3 aromatic rings. The molecule has 0 aliphatic rings. The lowest BCUT2D eigenvalue weighted by atomic mass is 10.1. The highest BCUT2D eigenvalue weighted by Gasteiger charge is 2.11. The highest BCUT2D eigenvalue weighted by atomic mass is 35.5. The normalized spacial score (nSPS) is 10.3. The van der Waals surface area contributed by atoms with E-state index in [4.69, 9.17) is 21.4 Å². The lowest BCUT2D eigenvalue weighted by molar-refractivity contribution is 0.101. The number of benzene rings is 2. The minimum absolute atomic E-state index is 0.0696. The summed E-state index contributed by atoms with van der Waals surface area (Å²) in [6.07, 6.45) is 0.481. The van der Waals surface area contributed by atoms with E-state index in [-0.39, 0.29) is 5.78 Å². The number of carbonyl (C=O) groups excluding carboxylic acids is 1. The average Bonchev–Trinajstić information content (AvgIpc) is 3.11. The Kier molecular flexibility index (Phi) is 5.30. The Hall–Kier alpha value is -3.17. The van der Waals surface area contributed by atoms with Crippen LogP contribution >= 0.6 is 11.6 Å². The topological polar surface area (TPSA) is 91.8 Å². The Labute approximate surface area is 155 Å². The van der Waals surface area contributed by atoms with Gasteiger partial charge in [0, 0.05) is 34.8 Å². The number of anilines is 1. The van der Waals surface area contributed by atoms with Crippen LogP contribution in [-0.2, 0) is 6.42 Å². The van der Waals surface area contributed by atoms with Crippen molar-refractivity contribution in [1.82, 2.24) is 10.1 Å². The monoisotopic (exact) mass is 366 g/mol. The predicted molar refractivity (Wildman–Crippen MR) is 98.1 cm³/mol. The van der Waals surface area contributed by atoms with E-state index >= 15 is 0 Å². The van der Waals surface area contributed by atoms with Crippen molar-refractivity contribution < 1.29 is 9.32 Å². The van der Waals surface area contributed by atoms with E-state index in [1.807, 2.05) is 12.1 Å². The van der Waals surface area contributed by atoms with Crippen LogP contribution in [0.15, 0.2) is 47.0 Å². The van der Waals surface area contributed by atoms with Crippen LogP contribution in [0.25, 0.3) is 11.4 Å². The van der Waals surface area contributed by atoms with Crippen LogP contribution in [0.1, 0.15) is 28.7 Å². The fourth-order valence-electron chi connectivity index (χ4n) is 2.44. The van der Waals surface area contributed by atoms with Crippen molar-refractivity contribution in [2.45, 2.75) is 13.3 Å². The Balaban J connectivity index is 1.67. The van der Waals surface area contributed by atoms with Crippen molar-refractivity contribution in [3.05, 3.63) is 64.5 Å². The molecule has 1 aromatic heterocycles. The lowest BCUT2D eigenvalue weighted by Crippen LogP contribution is -2.09. The Bertz CT molecular complexity index is 974. The molecule has 7 heteroatoms. The van der Waals surface area contributed by atoms with Gasteiger partial charge in [0.2, 0.25) is 11.7 Å². The van der Waals surface area contributed by atoms with Crippen molar-refractivity contribution in [3.8, 4) is 17.5 Å². The minimum atomic E-state index is -0.0696. The van der Waals surface area contributed by atoms with E-state index in [9.17, 15) is 4.79 Å². The molecule has 0 radical (unpaired) electrons. The molecule has 0 bridgehead atoms. The third-order valence-corrected chi connectivity index (χ3v) is 4.00. The molecular weight excluding hydrogens is 352 g/mol. The first-order valence-electron chi connectivity index (χ1n) is 7.94. The molecular formula is C19H15ClN4O2. The summed E-state index contributed by atoms with van der Waals surface area (Å²) in [6.45, 7) is 1.97. The van der Waals surface area contributed by atoms with Crippen LogP contribution in [0, 0.1) is 11.3 Å². The quantitative estimate of drug-likeness (QED) is 0.660. The summed E-state index contributed by atoms with van der Waals surface area (Å²) in [5.74, 6) is 0.899. The van der Waals surface area contributed by atoms with Crippen molar-refractivity contribution in [3.63, 3.8) is 0 Å². The molecule has 2 aromatic carbocycles. The fraction of sp³-hybridized carbons (Fsp3) is 0.158. The second-order valence-corrected chi connectivity index (χ2v) is 6.06. The molecule has 0 saturated carbocycles. The number of hydrogen-bond donors (Lipinski definition) is 1. The first kappa shape index (κ1) is 17.6. The number of carbonyl (C=O) groups is 1. The maximum atomic E-state index is 11.7. The van der Waals surface area contributed by atoms with E-state index in [0.29, 0.717) is 46.5 Å². The molecule has 0 spiro atoms. The Morgan fingerprint density at radius 1 is 1.27 bits per heavy atom. The largest absolute Gasteiger partial charge is 0.384 e. The Morgan fingerprint density at radius 2 is 2.04 bits per heavy atom. The number of Topliss-reactive ketones (excluding diaryl/α,β-unsaturated/α-hetero) is 1. The van der Waals surface area contributed by atoms with Crippen molar-refractivity contribution >= 4 is 23.1 Å². The molecule has 1 N–H and O–H groups in total. The summed E-state index contributed by atoms with van der Waals surface area (Å²) in [7, 11) is 0. The molecule has 3 rings (SSSR count). The van der Waals surface area contributed by atoms with Gasteiger partial charge < -0.3 is 9.84 Å². The van der Waals surface area contributed by atoms with E-state index in [1.54, 1.807) is 30.3 Å². The van der Waals surface area contributed by atoms with Crippen molar-refractivity contribution in [2.24, 2.45) is 0 Å². The molecule has 0 aliphatic heterocycles. The van der Waals surface area contributed by atoms with Gasteiger partial charge in [-0.25, -0.2) is 0 Å². The van der Waals surface area contributed by atoms with E-state index < -0.39 is 0 Å². The summed E-state index contributed by atoms with van der Waals surface area (Å²) < 4.78 is 5.26. The zero-order valence-electron chi connectivity index (χ0n) is 14.0. The van der Waals surface area contributed by atoms with Crippen molar-refractivity contribution in [2.75, 3.05) is 11.9 Å². The van der Waals surface area contributed by atoms with Gasteiger partial charge in [0.1, 0.15) is 0 Å². The first-order chi connectivity index (χ1) is 12.6. The summed E-state index contributed by atoms with van der Waals surface area (Å²) in [4.78, 5) is 16.1. The van der Waals surface area contributed by atoms with Crippen LogP contribution in [0.5, 0.6) is 0 Å². The van der Waals surface area contributed by atoms with Gasteiger partial charge in [0.25, 0.3) is 0 Å². The third kappa shape index (κ3) is 4.08. The number of hydrogen-bond acceptors (Lipinski definition) is 6. The number of ketones is 1. The molecule has 1 heterocycles. The number of nitriles is 1. The van der Waals surface area contributed by atoms with Gasteiger partial charge in [-0.1, -0.05) is 16.8 Å². The van der Waals surface area contributed by atoms with Crippen LogP contribution in [0.2, 0.25) is 5.02 Å². The minimum Gasteiger partial charge on any atom is -0.384 e. The summed E-state index contributed by atoms with van der Waals surface area (Å²) in [5, 5.41) is 16.8. The summed E-state index contributed by atoms with van der Waals surface area (Å²) in [6, 6.07) is 14.2. The van der Waals surface area contributed by atoms with E-state index in [1.165, 1.54) is 6.92 Å². The van der Waals surface area contributed by atoms with E-state index in [2.05, 4.69) is 21.5 Å². The van der Waals surface area contributed by atoms with Gasteiger partial charge in [-0.3, -0.25) is 4.79 Å². The van der Waals surface area contributed by atoms with Crippen LogP contribution < -0.4 is 5.32 Å². The summed E-state index contributed by atoms with van der Waals surface area (Å²) in [5.41, 5.74) is 2.46. The van der Waals surface area contributed by atoms with Gasteiger partial charge >= 0.3 is 0 Å². The smallest absolute Gasteiger partial charge is 0.228 e. The van der Waals surface area contributed by atoms with Gasteiger partial charge in [0.15, 0.2) is 5.78 Å². The average molecular weight is 367 g/mol. The maximum Gasteiger partial charge on any atom is 0.228 e. The highest BCUT2D eigenvalue weighted by molar-refractivity contribution is 6.30.